The molecule has 33 heavy (non-hydrogen) atoms. The van der Waals surface area contributed by atoms with E-state index in [-0.39, 0.29) is 27.9 Å². The van der Waals surface area contributed by atoms with Crippen LogP contribution in [0.2, 0.25) is 0 Å². The second-order valence-electron chi connectivity index (χ2n) is 7.38. The minimum absolute atomic E-state index is 0.0372. The van der Waals surface area contributed by atoms with Crippen LogP contribution >= 0.6 is 11.3 Å². The third-order valence-electron chi connectivity index (χ3n) is 5.17. The van der Waals surface area contributed by atoms with Crippen LogP contribution in [0.25, 0.3) is 0 Å². The lowest BCUT2D eigenvalue weighted by Gasteiger charge is -2.22. The van der Waals surface area contributed by atoms with E-state index in [2.05, 4.69) is 15.5 Å². The number of nitrogens with one attached hydrogen (secondary N) is 1. The van der Waals surface area contributed by atoms with Gasteiger partial charge in [0.2, 0.25) is 15.0 Å². The molecule has 172 valence electrons. The summed E-state index contributed by atoms with van der Waals surface area (Å²) in [5.74, 6) is -2.98. The SMILES string of the molecule is CC(=O)c1ccc(S(=O)(=O)N2CCC[C@@H]2c2nnc(C(=O)Nc3ccc(F)c(F)c3)s2)cc1. The van der Waals surface area contributed by atoms with Gasteiger partial charge in [-0.15, -0.1) is 10.2 Å². The molecule has 0 saturated carbocycles. The zero-order chi connectivity index (χ0) is 23.8. The van der Waals surface area contributed by atoms with Gasteiger partial charge in [-0.3, -0.25) is 9.59 Å². The molecular formula is C21H18F2N4O4S2. The fourth-order valence-electron chi connectivity index (χ4n) is 3.49. The van der Waals surface area contributed by atoms with Crippen molar-refractivity contribution < 1.29 is 26.8 Å². The van der Waals surface area contributed by atoms with E-state index in [9.17, 15) is 26.8 Å². The van der Waals surface area contributed by atoms with Crippen LogP contribution < -0.4 is 5.32 Å². The lowest BCUT2D eigenvalue weighted by molar-refractivity contribution is 0.101. The molecule has 1 aliphatic rings. The Morgan fingerprint density at radius 3 is 2.48 bits per heavy atom. The van der Waals surface area contributed by atoms with E-state index in [1.807, 2.05) is 0 Å². The number of carbonyl (C=O) groups excluding carboxylic acids is 2. The molecule has 1 aromatic heterocycles. The van der Waals surface area contributed by atoms with Gasteiger partial charge in [-0.2, -0.15) is 4.31 Å². The van der Waals surface area contributed by atoms with E-state index in [4.69, 9.17) is 0 Å². The molecule has 4 rings (SSSR count). The molecule has 12 heteroatoms. The van der Waals surface area contributed by atoms with Gasteiger partial charge in [0.1, 0.15) is 5.01 Å². The molecule has 3 aromatic rings. The van der Waals surface area contributed by atoms with Crippen LogP contribution in [-0.2, 0) is 10.0 Å². The number of aromatic nitrogens is 2. The summed E-state index contributed by atoms with van der Waals surface area (Å²) < 4.78 is 54.1. The van der Waals surface area contributed by atoms with Gasteiger partial charge >= 0.3 is 0 Å². The van der Waals surface area contributed by atoms with E-state index in [1.165, 1.54) is 41.6 Å². The maximum Gasteiger partial charge on any atom is 0.286 e. The van der Waals surface area contributed by atoms with Crippen molar-refractivity contribution in [2.24, 2.45) is 0 Å². The first-order valence-electron chi connectivity index (χ1n) is 9.89. The highest BCUT2D eigenvalue weighted by Crippen LogP contribution is 2.37. The maximum atomic E-state index is 13.4. The molecule has 8 nitrogen and oxygen atoms in total. The predicted molar refractivity (Wildman–Crippen MR) is 117 cm³/mol. The van der Waals surface area contributed by atoms with Crippen molar-refractivity contribution in [3.8, 4) is 0 Å². The minimum atomic E-state index is -3.86. The number of sulfonamides is 1. The fourth-order valence-corrected chi connectivity index (χ4v) is 6.10. The number of Topliss-reactive ketones (excluding diaryl/α,β-unsaturated/α-hetero) is 1. The number of nitrogens with zero attached hydrogens (tertiary/aromatic N) is 3. The molecule has 1 N–H and O–H groups in total. The standard InChI is InChI=1S/C21H18F2N4O4S2/c1-12(28)13-4-7-15(8-5-13)33(30,31)27-10-2-3-18(27)20-25-26-21(32-20)19(29)24-14-6-9-16(22)17(23)11-14/h4-9,11,18H,2-3,10H2,1H3,(H,24,29)/t18-/m1/s1. The normalized spacial score (nSPS) is 16.6. The molecule has 0 bridgehead atoms. The van der Waals surface area contributed by atoms with Gasteiger partial charge in [0.05, 0.1) is 10.9 Å². The Kier molecular flexibility index (Phi) is 6.32. The quantitative estimate of drug-likeness (QED) is 0.525. The monoisotopic (exact) mass is 492 g/mol. The first-order chi connectivity index (χ1) is 15.7. The van der Waals surface area contributed by atoms with Gasteiger partial charge in [0.15, 0.2) is 17.4 Å². The molecule has 1 fully saturated rings. The number of rotatable bonds is 6. The van der Waals surface area contributed by atoms with Crippen molar-refractivity contribution in [3.05, 3.63) is 69.7 Å². The summed E-state index contributed by atoms with van der Waals surface area (Å²) in [5.41, 5.74) is 0.461. The van der Waals surface area contributed by atoms with Crippen LogP contribution in [0.15, 0.2) is 47.4 Å². The van der Waals surface area contributed by atoms with E-state index in [1.54, 1.807) is 0 Å². The largest absolute Gasteiger partial charge is 0.320 e. The highest BCUT2D eigenvalue weighted by molar-refractivity contribution is 7.89. The molecule has 0 unspecified atom stereocenters. The number of hydrogen-bond acceptors (Lipinski definition) is 7. The number of benzene rings is 2. The highest BCUT2D eigenvalue weighted by atomic mass is 32.2. The lowest BCUT2D eigenvalue weighted by Crippen LogP contribution is -2.30. The predicted octanol–water partition coefficient (Wildman–Crippen LogP) is 3.80. The Balaban J connectivity index is 1.53. The molecular weight excluding hydrogens is 474 g/mol. The van der Waals surface area contributed by atoms with Crippen molar-refractivity contribution in [1.29, 1.82) is 0 Å². The van der Waals surface area contributed by atoms with E-state index < -0.39 is 33.6 Å². The molecule has 1 saturated heterocycles. The topological polar surface area (TPSA) is 109 Å². The van der Waals surface area contributed by atoms with Gasteiger partial charge in [-0.05, 0) is 44.0 Å². The number of amides is 1. The van der Waals surface area contributed by atoms with E-state index in [0.29, 0.717) is 23.4 Å². The first-order valence-corrected chi connectivity index (χ1v) is 12.1. The fraction of sp³-hybridized carbons (Fsp3) is 0.238. The Morgan fingerprint density at radius 2 is 1.82 bits per heavy atom. The van der Waals surface area contributed by atoms with E-state index >= 15 is 0 Å². The van der Waals surface area contributed by atoms with Crippen molar-refractivity contribution in [2.75, 3.05) is 11.9 Å². The number of anilines is 1. The number of ketones is 1. The summed E-state index contributed by atoms with van der Waals surface area (Å²) in [4.78, 5) is 24.0. The molecule has 1 atom stereocenters. The average molecular weight is 493 g/mol. The van der Waals surface area contributed by atoms with Crippen molar-refractivity contribution >= 4 is 38.7 Å². The first kappa shape index (κ1) is 23.1. The second-order valence-corrected chi connectivity index (χ2v) is 10.3. The zero-order valence-corrected chi connectivity index (χ0v) is 18.9. The maximum absolute atomic E-state index is 13.4. The number of halogens is 2. The molecule has 0 spiro atoms. The summed E-state index contributed by atoms with van der Waals surface area (Å²) in [6.07, 6.45) is 1.11. The molecule has 2 aromatic carbocycles. The summed E-state index contributed by atoms with van der Waals surface area (Å²) in [5, 5.41) is 10.6. The number of hydrogen-bond donors (Lipinski definition) is 1. The summed E-state index contributed by atoms with van der Waals surface area (Å²) in [6.45, 7) is 1.67. The number of carbonyl (C=O) groups is 2. The van der Waals surface area contributed by atoms with Gasteiger partial charge in [-0.25, -0.2) is 17.2 Å². The van der Waals surface area contributed by atoms with Crippen LogP contribution in [0, 0.1) is 11.6 Å². The van der Waals surface area contributed by atoms with Gasteiger partial charge < -0.3 is 5.32 Å². The van der Waals surface area contributed by atoms with Gasteiger partial charge in [-0.1, -0.05) is 23.5 Å². The Morgan fingerprint density at radius 1 is 1.09 bits per heavy atom. The smallest absolute Gasteiger partial charge is 0.286 e. The Bertz CT molecular complexity index is 1330. The molecule has 0 radical (unpaired) electrons. The molecule has 1 aliphatic heterocycles. The molecule has 2 heterocycles. The summed E-state index contributed by atoms with van der Waals surface area (Å²) in [7, 11) is -3.86. The molecule has 0 aliphatic carbocycles. The van der Waals surface area contributed by atoms with E-state index in [0.717, 1.165) is 23.5 Å². The third-order valence-corrected chi connectivity index (χ3v) is 8.11. The van der Waals surface area contributed by atoms with Gasteiger partial charge in [0, 0.05) is 23.9 Å². The highest BCUT2D eigenvalue weighted by Gasteiger charge is 2.38. The Labute approximate surface area is 192 Å². The van der Waals surface area contributed by atoms with Gasteiger partial charge in [0.25, 0.3) is 5.91 Å². The average Bonchev–Trinajstić information content (AvgIpc) is 3.46. The van der Waals surface area contributed by atoms with Crippen molar-refractivity contribution in [3.63, 3.8) is 0 Å². The minimum Gasteiger partial charge on any atom is -0.320 e. The molecule has 1 amide bonds. The summed E-state index contributed by atoms with van der Waals surface area (Å²) in [6, 6.07) is 8.06. The van der Waals surface area contributed by atoms with Crippen molar-refractivity contribution in [1.82, 2.24) is 14.5 Å². The van der Waals surface area contributed by atoms with Crippen molar-refractivity contribution in [2.45, 2.75) is 30.7 Å². The van der Waals surface area contributed by atoms with Crippen LogP contribution in [0.1, 0.15) is 51.0 Å². The van der Waals surface area contributed by atoms with Crippen LogP contribution in [0.3, 0.4) is 0 Å². The zero-order valence-electron chi connectivity index (χ0n) is 17.3. The van der Waals surface area contributed by atoms with Crippen LogP contribution in [0.4, 0.5) is 14.5 Å². The third kappa shape index (κ3) is 4.68. The van der Waals surface area contributed by atoms with Crippen LogP contribution in [0.5, 0.6) is 0 Å². The lowest BCUT2D eigenvalue weighted by atomic mass is 10.2. The summed E-state index contributed by atoms with van der Waals surface area (Å²) >= 11 is 0.933. The second kappa shape index (κ2) is 9.04. The Hall–Kier alpha value is -3.09. The van der Waals surface area contributed by atoms with Crippen LogP contribution in [-0.4, -0.2) is 41.2 Å².